The smallest absolute Gasteiger partial charge is 0.335 e. The molecule has 130 valence electrons. The van der Waals surface area contributed by atoms with Crippen LogP contribution in [-0.4, -0.2) is 60.1 Å². The first-order chi connectivity index (χ1) is 12.0. The third-order valence-electron chi connectivity index (χ3n) is 4.20. The summed E-state index contributed by atoms with van der Waals surface area (Å²) in [4.78, 5) is 32.2. The standard InChI is InChI=1S/C18H20N4O3/c1-21-7-9-22(10-8-21)16-6-5-15(12-19-16)20-17(23)13-3-2-4-14(11-13)18(24)25/h2-6,11-12H,7-10H2,1H3,(H,20,23)(H,24,25). The topological polar surface area (TPSA) is 85.8 Å². The fourth-order valence-corrected chi connectivity index (χ4v) is 2.68. The molecule has 2 heterocycles. The van der Waals surface area contributed by atoms with Crippen molar-refractivity contribution in [2.24, 2.45) is 0 Å². The molecule has 1 aromatic carbocycles. The molecule has 1 aliphatic heterocycles. The van der Waals surface area contributed by atoms with Crippen molar-refractivity contribution in [1.82, 2.24) is 9.88 Å². The van der Waals surface area contributed by atoms with Crippen LogP contribution in [0.15, 0.2) is 42.6 Å². The predicted molar refractivity (Wildman–Crippen MR) is 95.3 cm³/mol. The molecule has 0 atom stereocenters. The first-order valence-corrected chi connectivity index (χ1v) is 8.07. The monoisotopic (exact) mass is 340 g/mol. The van der Waals surface area contributed by atoms with E-state index < -0.39 is 5.97 Å². The number of pyridine rings is 1. The summed E-state index contributed by atoms with van der Waals surface area (Å²) in [6.45, 7) is 3.86. The zero-order valence-electron chi connectivity index (χ0n) is 14.0. The second kappa shape index (κ2) is 7.31. The van der Waals surface area contributed by atoms with Crippen molar-refractivity contribution in [2.75, 3.05) is 43.4 Å². The molecule has 25 heavy (non-hydrogen) atoms. The number of anilines is 2. The zero-order chi connectivity index (χ0) is 17.8. The van der Waals surface area contributed by atoms with Crippen molar-refractivity contribution in [1.29, 1.82) is 0 Å². The number of carboxylic acids is 1. The molecule has 1 aliphatic rings. The molecule has 0 aliphatic carbocycles. The number of carbonyl (C=O) groups is 2. The summed E-state index contributed by atoms with van der Waals surface area (Å²) in [5.74, 6) is -0.538. The highest BCUT2D eigenvalue weighted by Crippen LogP contribution is 2.17. The summed E-state index contributed by atoms with van der Waals surface area (Å²) in [7, 11) is 2.10. The minimum atomic E-state index is -1.06. The number of carboxylic acid groups (broad SMARTS) is 1. The molecule has 0 spiro atoms. The van der Waals surface area contributed by atoms with Crippen LogP contribution in [0.1, 0.15) is 20.7 Å². The van der Waals surface area contributed by atoms with E-state index in [1.807, 2.05) is 6.07 Å². The van der Waals surface area contributed by atoms with Crippen LogP contribution < -0.4 is 10.2 Å². The lowest BCUT2D eigenvalue weighted by molar-refractivity contribution is 0.0697. The summed E-state index contributed by atoms with van der Waals surface area (Å²) >= 11 is 0. The van der Waals surface area contributed by atoms with Gasteiger partial charge in [0.15, 0.2) is 0 Å². The Hall–Kier alpha value is -2.93. The van der Waals surface area contributed by atoms with E-state index in [-0.39, 0.29) is 11.5 Å². The van der Waals surface area contributed by atoms with Gasteiger partial charge in [-0.3, -0.25) is 4.79 Å². The van der Waals surface area contributed by atoms with Crippen LogP contribution in [0, 0.1) is 0 Å². The van der Waals surface area contributed by atoms with Crippen molar-refractivity contribution >= 4 is 23.4 Å². The van der Waals surface area contributed by atoms with Crippen LogP contribution in [0.5, 0.6) is 0 Å². The minimum absolute atomic E-state index is 0.0798. The van der Waals surface area contributed by atoms with Gasteiger partial charge in [0.2, 0.25) is 0 Å². The number of benzene rings is 1. The van der Waals surface area contributed by atoms with E-state index in [1.54, 1.807) is 24.4 Å². The Labute approximate surface area is 145 Å². The van der Waals surface area contributed by atoms with Crippen molar-refractivity contribution in [2.45, 2.75) is 0 Å². The number of hydrogen-bond acceptors (Lipinski definition) is 5. The van der Waals surface area contributed by atoms with Gasteiger partial charge in [-0.15, -0.1) is 0 Å². The van der Waals surface area contributed by atoms with Crippen LogP contribution in [0.2, 0.25) is 0 Å². The van der Waals surface area contributed by atoms with E-state index in [4.69, 9.17) is 5.11 Å². The van der Waals surface area contributed by atoms with E-state index in [9.17, 15) is 9.59 Å². The number of aromatic carboxylic acids is 1. The fourth-order valence-electron chi connectivity index (χ4n) is 2.68. The molecule has 7 nitrogen and oxygen atoms in total. The average molecular weight is 340 g/mol. The quantitative estimate of drug-likeness (QED) is 0.882. The lowest BCUT2D eigenvalue weighted by atomic mass is 10.1. The number of aromatic nitrogens is 1. The van der Waals surface area contributed by atoms with Crippen LogP contribution in [0.4, 0.5) is 11.5 Å². The molecule has 1 fully saturated rings. The number of carbonyl (C=O) groups excluding carboxylic acids is 1. The highest BCUT2D eigenvalue weighted by Gasteiger charge is 2.15. The summed E-state index contributed by atoms with van der Waals surface area (Å²) in [5, 5.41) is 11.7. The second-order valence-corrected chi connectivity index (χ2v) is 6.04. The molecule has 1 amide bonds. The Bertz CT molecular complexity index is 768. The minimum Gasteiger partial charge on any atom is -0.478 e. The van der Waals surface area contributed by atoms with Gasteiger partial charge >= 0.3 is 5.97 Å². The SMILES string of the molecule is CN1CCN(c2ccc(NC(=O)c3cccc(C(=O)O)c3)cn2)CC1. The highest BCUT2D eigenvalue weighted by molar-refractivity contribution is 6.05. The van der Waals surface area contributed by atoms with Gasteiger partial charge in [-0.1, -0.05) is 6.07 Å². The van der Waals surface area contributed by atoms with Crippen LogP contribution in [0.25, 0.3) is 0 Å². The summed E-state index contributed by atoms with van der Waals surface area (Å²) in [6.07, 6.45) is 1.62. The van der Waals surface area contributed by atoms with Crippen LogP contribution in [0.3, 0.4) is 0 Å². The zero-order valence-corrected chi connectivity index (χ0v) is 14.0. The summed E-state index contributed by atoms with van der Waals surface area (Å²) in [6, 6.07) is 9.62. The molecular formula is C18H20N4O3. The van der Waals surface area contributed by atoms with E-state index in [2.05, 4.69) is 27.1 Å². The number of nitrogens with zero attached hydrogens (tertiary/aromatic N) is 3. The van der Waals surface area contributed by atoms with Gasteiger partial charge in [0, 0.05) is 31.7 Å². The average Bonchev–Trinajstić information content (AvgIpc) is 2.63. The Morgan fingerprint density at radius 2 is 1.80 bits per heavy atom. The number of rotatable bonds is 4. The largest absolute Gasteiger partial charge is 0.478 e. The molecule has 0 unspecified atom stereocenters. The van der Waals surface area contributed by atoms with Gasteiger partial charge in [-0.05, 0) is 37.4 Å². The van der Waals surface area contributed by atoms with Gasteiger partial charge < -0.3 is 20.2 Å². The molecule has 1 aromatic heterocycles. The van der Waals surface area contributed by atoms with Gasteiger partial charge in [0.25, 0.3) is 5.91 Å². The van der Waals surface area contributed by atoms with Crippen molar-refractivity contribution in [3.63, 3.8) is 0 Å². The summed E-state index contributed by atoms with van der Waals surface area (Å²) in [5.41, 5.74) is 0.947. The fraction of sp³-hybridized carbons (Fsp3) is 0.278. The first kappa shape index (κ1) is 16.9. The highest BCUT2D eigenvalue weighted by atomic mass is 16.4. The van der Waals surface area contributed by atoms with Crippen molar-refractivity contribution < 1.29 is 14.7 Å². The molecule has 1 saturated heterocycles. The van der Waals surface area contributed by atoms with Crippen LogP contribution >= 0.6 is 0 Å². The first-order valence-electron chi connectivity index (χ1n) is 8.07. The second-order valence-electron chi connectivity index (χ2n) is 6.04. The maximum atomic E-state index is 12.3. The molecule has 7 heteroatoms. The van der Waals surface area contributed by atoms with Gasteiger partial charge in [-0.2, -0.15) is 0 Å². The lowest BCUT2D eigenvalue weighted by Crippen LogP contribution is -2.44. The van der Waals surface area contributed by atoms with Gasteiger partial charge in [-0.25, -0.2) is 9.78 Å². The normalized spacial score (nSPS) is 15.0. The van der Waals surface area contributed by atoms with Crippen LogP contribution in [-0.2, 0) is 0 Å². The van der Waals surface area contributed by atoms with E-state index in [1.165, 1.54) is 12.1 Å². The van der Waals surface area contributed by atoms with Crippen molar-refractivity contribution in [3.8, 4) is 0 Å². The van der Waals surface area contributed by atoms with Gasteiger partial charge in [0.05, 0.1) is 17.4 Å². The predicted octanol–water partition coefficient (Wildman–Crippen LogP) is 1.78. The number of piperazine rings is 1. The molecular weight excluding hydrogens is 320 g/mol. The molecule has 0 radical (unpaired) electrons. The molecule has 3 rings (SSSR count). The number of likely N-dealkylation sites (N-methyl/N-ethyl adjacent to an activating group) is 1. The Morgan fingerprint density at radius 3 is 2.44 bits per heavy atom. The molecule has 2 N–H and O–H groups in total. The maximum Gasteiger partial charge on any atom is 0.335 e. The number of hydrogen-bond donors (Lipinski definition) is 2. The van der Waals surface area contributed by atoms with E-state index >= 15 is 0 Å². The van der Waals surface area contributed by atoms with Crippen molar-refractivity contribution in [3.05, 3.63) is 53.7 Å². The molecule has 0 bridgehead atoms. The Morgan fingerprint density at radius 1 is 1.08 bits per heavy atom. The maximum absolute atomic E-state index is 12.3. The van der Waals surface area contributed by atoms with E-state index in [0.717, 1.165) is 32.0 Å². The Balaban J connectivity index is 1.66. The summed E-state index contributed by atoms with van der Waals surface area (Å²) < 4.78 is 0. The molecule has 2 aromatic rings. The Kier molecular flexibility index (Phi) is 4.95. The molecule has 0 saturated carbocycles. The third kappa shape index (κ3) is 4.13. The lowest BCUT2D eigenvalue weighted by Gasteiger charge is -2.33. The number of nitrogens with one attached hydrogen (secondary N) is 1. The van der Waals surface area contributed by atoms with Gasteiger partial charge in [0.1, 0.15) is 5.82 Å². The van der Waals surface area contributed by atoms with E-state index in [0.29, 0.717) is 11.3 Å². The number of amides is 1. The third-order valence-corrected chi connectivity index (χ3v) is 4.20.